The van der Waals surface area contributed by atoms with Gasteiger partial charge in [-0.1, -0.05) is 33.8 Å². The summed E-state index contributed by atoms with van der Waals surface area (Å²) in [4.78, 5) is 15.7. The van der Waals surface area contributed by atoms with E-state index in [0.29, 0.717) is 24.3 Å². The topological polar surface area (TPSA) is 131 Å². The van der Waals surface area contributed by atoms with E-state index in [-0.39, 0.29) is 6.04 Å². The van der Waals surface area contributed by atoms with Crippen molar-refractivity contribution in [1.82, 2.24) is 24.0 Å². The summed E-state index contributed by atoms with van der Waals surface area (Å²) in [6.07, 6.45) is 13.9. The zero-order chi connectivity index (χ0) is 38.1. The highest BCUT2D eigenvalue weighted by atomic mass is 16.5. The minimum atomic E-state index is 0.0842. The lowest BCUT2D eigenvalue weighted by Crippen LogP contribution is -2.18. The van der Waals surface area contributed by atoms with Gasteiger partial charge in [-0.3, -0.25) is 9.89 Å². The van der Waals surface area contributed by atoms with Crippen molar-refractivity contribution in [3.8, 4) is 17.2 Å². The lowest BCUT2D eigenvalue weighted by molar-refractivity contribution is 0.228. The van der Waals surface area contributed by atoms with Crippen molar-refractivity contribution < 1.29 is 14.2 Å². The summed E-state index contributed by atoms with van der Waals surface area (Å²) in [5.41, 5.74) is 22.3. The van der Waals surface area contributed by atoms with Crippen LogP contribution in [-0.2, 0) is 32.5 Å². The predicted molar refractivity (Wildman–Crippen MR) is 219 cm³/mol. The molecule has 0 aliphatic carbocycles. The van der Waals surface area contributed by atoms with E-state index < -0.39 is 0 Å². The molecule has 4 aliphatic heterocycles. The minimum Gasteiger partial charge on any atom is -0.490 e. The molecule has 11 heteroatoms. The van der Waals surface area contributed by atoms with Crippen molar-refractivity contribution in [3.05, 3.63) is 76.6 Å². The lowest BCUT2D eigenvalue weighted by Gasteiger charge is -2.14. The van der Waals surface area contributed by atoms with Crippen LogP contribution in [0.4, 0.5) is 11.6 Å². The van der Waals surface area contributed by atoms with E-state index in [1.165, 1.54) is 27.7 Å². The summed E-state index contributed by atoms with van der Waals surface area (Å²) < 4.78 is 22.1. The second kappa shape index (κ2) is 15.8. The maximum Gasteiger partial charge on any atom is 0.201 e. The molecular formula is C43H56N8O3. The fourth-order valence-electron chi connectivity index (χ4n) is 7.97. The van der Waals surface area contributed by atoms with Gasteiger partial charge in [0.25, 0.3) is 0 Å². The number of allylic oxidation sites excluding steroid dienone is 1. The Labute approximate surface area is 319 Å². The van der Waals surface area contributed by atoms with Crippen LogP contribution in [0.25, 0.3) is 22.1 Å². The number of fused-ring (bicyclic) bond motifs is 7. The Morgan fingerprint density at radius 1 is 0.759 bits per heavy atom. The summed E-state index contributed by atoms with van der Waals surface area (Å²) in [5.74, 6) is 4.67. The van der Waals surface area contributed by atoms with Crippen LogP contribution in [0.1, 0.15) is 87.5 Å². The Bertz CT molecular complexity index is 2190. The molecule has 54 heavy (non-hydrogen) atoms. The molecule has 286 valence electrons. The third-order valence-corrected chi connectivity index (χ3v) is 10.8. The summed E-state index contributed by atoms with van der Waals surface area (Å²) in [6.45, 7) is 12.5. The Balaban J connectivity index is 0.000000125. The van der Waals surface area contributed by atoms with Crippen molar-refractivity contribution in [2.75, 3.05) is 25.6 Å². The van der Waals surface area contributed by atoms with Gasteiger partial charge in [0.2, 0.25) is 5.95 Å². The van der Waals surface area contributed by atoms with Gasteiger partial charge in [0.05, 0.1) is 34.8 Å². The highest BCUT2D eigenvalue weighted by Crippen LogP contribution is 2.39. The van der Waals surface area contributed by atoms with Crippen LogP contribution in [0.3, 0.4) is 0 Å². The SMILES string of the molecule is CCC1Cc2c(ccc3nc(C)n(CN(C)C)c23)O1.CCC1Cc2cc(C3C=CC=N3)c(N)cc2O1.CCCn1c(N)nc2ccc3c(c21)CC(CC)O3. The summed E-state index contributed by atoms with van der Waals surface area (Å²) in [5, 5.41) is 0. The highest BCUT2D eigenvalue weighted by Gasteiger charge is 2.28. The number of aryl methyl sites for hydroxylation is 2. The Hall–Kier alpha value is -5.03. The molecule has 0 amide bonds. The van der Waals surface area contributed by atoms with Crippen LogP contribution in [-0.4, -0.2) is 62.6 Å². The van der Waals surface area contributed by atoms with Crippen LogP contribution in [0, 0.1) is 6.92 Å². The molecule has 0 saturated carbocycles. The van der Waals surface area contributed by atoms with Gasteiger partial charge in [-0.25, -0.2) is 9.97 Å². The highest BCUT2D eigenvalue weighted by molar-refractivity contribution is 5.85. The first kappa shape index (κ1) is 37.3. The van der Waals surface area contributed by atoms with Gasteiger partial charge >= 0.3 is 0 Å². The van der Waals surface area contributed by atoms with Crippen LogP contribution in [0.5, 0.6) is 17.2 Å². The third kappa shape index (κ3) is 7.25. The molecule has 6 heterocycles. The first-order valence-corrected chi connectivity index (χ1v) is 19.6. The molecule has 0 spiro atoms. The van der Waals surface area contributed by atoms with E-state index in [4.69, 9.17) is 25.7 Å². The van der Waals surface area contributed by atoms with Gasteiger partial charge in [0.1, 0.15) is 41.4 Å². The predicted octanol–water partition coefficient (Wildman–Crippen LogP) is 7.98. The number of imidazole rings is 2. The molecule has 2 aromatic heterocycles. The molecule has 0 fully saturated rings. The van der Waals surface area contributed by atoms with Gasteiger partial charge in [-0.05, 0) is 88.7 Å². The molecule has 4 atom stereocenters. The maximum atomic E-state index is 6.07. The normalized spacial score (nSPS) is 20.2. The lowest BCUT2D eigenvalue weighted by atomic mass is 10.00. The van der Waals surface area contributed by atoms with E-state index in [0.717, 1.165) is 104 Å². The van der Waals surface area contributed by atoms with Crippen molar-refractivity contribution in [3.63, 3.8) is 0 Å². The monoisotopic (exact) mass is 732 g/mol. The average molecular weight is 733 g/mol. The summed E-state index contributed by atoms with van der Waals surface area (Å²) >= 11 is 0. The van der Waals surface area contributed by atoms with E-state index in [1.807, 2.05) is 30.5 Å². The first-order valence-electron chi connectivity index (χ1n) is 19.6. The Morgan fingerprint density at radius 3 is 1.93 bits per heavy atom. The number of aromatic nitrogens is 4. The van der Waals surface area contributed by atoms with E-state index in [2.05, 4.69) is 102 Å². The van der Waals surface area contributed by atoms with Crippen LogP contribution >= 0.6 is 0 Å². The van der Waals surface area contributed by atoms with Gasteiger partial charge in [-0.15, -0.1) is 0 Å². The minimum absolute atomic E-state index is 0.0842. The van der Waals surface area contributed by atoms with Crippen molar-refractivity contribution in [2.45, 2.75) is 117 Å². The smallest absolute Gasteiger partial charge is 0.201 e. The average Bonchev–Trinajstić information content (AvgIpc) is 4.01. The number of nitrogens with zero attached hydrogens (tertiary/aromatic N) is 6. The number of rotatable bonds is 8. The molecule has 11 nitrogen and oxygen atoms in total. The molecule has 9 rings (SSSR count). The number of aliphatic imine (C=N–C) groups is 1. The fourth-order valence-corrected chi connectivity index (χ4v) is 7.97. The largest absolute Gasteiger partial charge is 0.490 e. The third-order valence-electron chi connectivity index (χ3n) is 10.8. The molecular weight excluding hydrogens is 677 g/mol. The molecule has 3 aromatic carbocycles. The number of nitrogens with two attached hydrogens (primary N) is 2. The van der Waals surface area contributed by atoms with E-state index >= 15 is 0 Å². The Morgan fingerprint density at radius 2 is 1.35 bits per heavy atom. The Kier molecular flexibility index (Phi) is 10.9. The number of hydrogen-bond donors (Lipinski definition) is 2. The van der Waals surface area contributed by atoms with E-state index in [1.54, 1.807) is 0 Å². The zero-order valence-electron chi connectivity index (χ0n) is 32.9. The molecule has 0 radical (unpaired) electrons. The number of hydrogen-bond acceptors (Lipinski definition) is 9. The van der Waals surface area contributed by atoms with Gasteiger partial charge in [0.15, 0.2) is 0 Å². The number of anilines is 2. The molecule has 4 unspecified atom stereocenters. The van der Waals surface area contributed by atoms with Gasteiger partial charge in [0, 0.05) is 60.5 Å². The summed E-state index contributed by atoms with van der Waals surface area (Å²) in [7, 11) is 4.17. The van der Waals surface area contributed by atoms with E-state index in [9.17, 15) is 0 Å². The van der Waals surface area contributed by atoms with Crippen molar-refractivity contribution in [1.29, 1.82) is 0 Å². The zero-order valence-corrected chi connectivity index (χ0v) is 32.9. The van der Waals surface area contributed by atoms with Gasteiger partial charge < -0.3 is 34.8 Å². The number of nitrogen functional groups attached to an aromatic ring is 2. The second-order valence-electron chi connectivity index (χ2n) is 15.0. The molecule has 5 aromatic rings. The van der Waals surface area contributed by atoms with Crippen LogP contribution in [0.15, 0.2) is 53.5 Å². The number of benzene rings is 3. The van der Waals surface area contributed by atoms with Crippen LogP contribution < -0.4 is 25.7 Å². The van der Waals surface area contributed by atoms with Crippen molar-refractivity contribution in [2.24, 2.45) is 4.99 Å². The summed E-state index contributed by atoms with van der Waals surface area (Å²) in [6, 6.07) is 12.4. The number of ether oxygens (including phenoxy) is 3. The molecule has 0 saturated heterocycles. The molecule has 4 aliphatic rings. The van der Waals surface area contributed by atoms with Crippen molar-refractivity contribution >= 4 is 39.9 Å². The van der Waals surface area contributed by atoms with Gasteiger partial charge in [-0.2, -0.15) is 0 Å². The first-order chi connectivity index (χ1) is 26.1. The standard InChI is InChI=1S/C15H21N3O.C14H19N3O.C14H16N2O/c1-5-11-8-12-14(19-11)7-6-13-15(12)18(9-17(3)4)10(2)16-13;1-3-7-17-13-10-8-9(4-2)18-12(10)6-5-11(13)16-14(17)15;1-2-10-6-9-7-11(13-4-3-5-16-13)12(15)8-14(9)17-10/h6-7,11H,5,8-9H2,1-4H3;5-6,9H,3-4,7-8H2,1-2H3,(H2,15,16);3-5,7-8,10,13H,2,6,15H2,1H3. The fraction of sp³-hybridized carbons (Fsp3) is 0.465. The molecule has 0 bridgehead atoms. The van der Waals surface area contributed by atoms with Crippen LogP contribution in [0.2, 0.25) is 0 Å². The second-order valence-corrected chi connectivity index (χ2v) is 15.0. The maximum absolute atomic E-state index is 6.07. The quantitative estimate of drug-likeness (QED) is 0.154. The molecule has 4 N–H and O–H groups in total.